The van der Waals surface area contributed by atoms with Crippen molar-refractivity contribution in [3.05, 3.63) is 23.6 Å². The van der Waals surface area contributed by atoms with Gasteiger partial charge in [-0.2, -0.15) is 0 Å². The van der Waals surface area contributed by atoms with Gasteiger partial charge in [0.25, 0.3) is 0 Å². The molecule has 3 aliphatic rings. The molecule has 3 saturated carbocycles. The minimum Gasteiger partial charge on any atom is -0.478 e. The number of nitrogens with zero attached hydrogens (tertiary/aromatic N) is 1. The van der Waals surface area contributed by atoms with Gasteiger partial charge in [-0.25, -0.2) is 14.2 Å². The van der Waals surface area contributed by atoms with E-state index in [-0.39, 0.29) is 11.4 Å². The zero-order valence-electron chi connectivity index (χ0n) is 10.3. The molecule has 1 aromatic heterocycles. The summed E-state index contributed by atoms with van der Waals surface area (Å²) in [5.74, 6) is 1.00. The zero-order valence-corrected chi connectivity index (χ0v) is 10.3. The molecule has 0 spiro atoms. The molecule has 4 atom stereocenters. The van der Waals surface area contributed by atoms with Crippen molar-refractivity contribution in [2.75, 3.05) is 5.32 Å². The van der Waals surface area contributed by atoms with E-state index in [9.17, 15) is 9.18 Å². The number of hydrogen-bond donors (Lipinski definition) is 2. The minimum atomic E-state index is -1.25. The van der Waals surface area contributed by atoms with Crippen LogP contribution in [0, 0.1) is 29.5 Å². The Kier molecular flexibility index (Phi) is 2.17. The molecule has 1 heterocycles. The van der Waals surface area contributed by atoms with E-state index in [1.54, 1.807) is 0 Å². The molecule has 0 radical (unpaired) electrons. The Bertz CT molecular complexity index is 546. The summed E-state index contributed by atoms with van der Waals surface area (Å²) in [6.45, 7) is 0. The molecule has 3 aliphatic carbocycles. The SMILES string of the molecule is O=C(O)c1ccnc(NC2C3C4CCC(C4)C23)c1F. The van der Waals surface area contributed by atoms with Crippen LogP contribution in [-0.4, -0.2) is 22.1 Å². The van der Waals surface area contributed by atoms with Gasteiger partial charge >= 0.3 is 5.97 Å². The first-order chi connectivity index (χ1) is 9.16. The van der Waals surface area contributed by atoms with Crippen molar-refractivity contribution in [3.63, 3.8) is 0 Å². The predicted molar refractivity (Wildman–Crippen MR) is 66.4 cm³/mol. The molecule has 4 rings (SSSR count). The van der Waals surface area contributed by atoms with E-state index in [2.05, 4.69) is 10.3 Å². The minimum absolute atomic E-state index is 0.0960. The number of carboxylic acid groups (broad SMARTS) is 1. The lowest BCUT2D eigenvalue weighted by Gasteiger charge is -2.12. The van der Waals surface area contributed by atoms with E-state index in [1.807, 2.05) is 0 Å². The fraction of sp³-hybridized carbons (Fsp3) is 0.571. The molecule has 2 N–H and O–H groups in total. The van der Waals surface area contributed by atoms with Crippen LogP contribution in [0.15, 0.2) is 12.3 Å². The smallest absolute Gasteiger partial charge is 0.338 e. The van der Waals surface area contributed by atoms with Gasteiger partial charge in [0.15, 0.2) is 11.6 Å². The first-order valence-corrected chi connectivity index (χ1v) is 6.81. The Morgan fingerprint density at radius 1 is 1.37 bits per heavy atom. The van der Waals surface area contributed by atoms with Gasteiger partial charge in [-0.05, 0) is 49.0 Å². The number of carbonyl (C=O) groups is 1. The molecule has 0 aliphatic heterocycles. The Labute approximate surface area is 110 Å². The van der Waals surface area contributed by atoms with Crippen LogP contribution in [0.2, 0.25) is 0 Å². The highest BCUT2D eigenvalue weighted by Crippen LogP contribution is 2.66. The maximum absolute atomic E-state index is 14.0. The van der Waals surface area contributed by atoms with Crippen molar-refractivity contribution in [2.24, 2.45) is 23.7 Å². The van der Waals surface area contributed by atoms with Crippen LogP contribution >= 0.6 is 0 Å². The molecular formula is C14H15FN2O2. The maximum atomic E-state index is 14.0. The highest BCUT2D eigenvalue weighted by molar-refractivity contribution is 5.88. The molecule has 4 nitrogen and oxygen atoms in total. The van der Waals surface area contributed by atoms with E-state index in [0.717, 1.165) is 11.8 Å². The molecule has 4 unspecified atom stereocenters. The van der Waals surface area contributed by atoms with Crippen molar-refractivity contribution in [3.8, 4) is 0 Å². The molecule has 2 bridgehead atoms. The number of fused-ring (bicyclic) bond motifs is 5. The third kappa shape index (κ3) is 1.50. The lowest BCUT2D eigenvalue weighted by Crippen LogP contribution is -2.16. The first kappa shape index (κ1) is 11.2. The van der Waals surface area contributed by atoms with Gasteiger partial charge in [-0.15, -0.1) is 0 Å². The van der Waals surface area contributed by atoms with Gasteiger partial charge < -0.3 is 10.4 Å². The number of nitrogens with one attached hydrogen (secondary N) is 1. The lowest BCUT2D eigenvalue weighted by atomic mass is 10.0. The average Bonchev–Trinajstić information content (AvgIpc) is 2.79. The van der Waals surface area contributed by atoms with Gasteiger partial charge in [0.05, 0.1) is 0 Å². The van der Waals surface area contributed by atoms with Crippen LogP contribution in [0.25, 0.3) is 0 Å². The van der Waals surface area contributed by atoms with Crippen LogP contribution in [-0.2, 0) is 0 Å². The van der Waals surface area contributed by atoms with Gasteiger partial charge in [0.1, 0.15) is 5.56 Å². The van der Waals surface area contributed by atoms with Gasteiger partial charge in [0, 0.05) is 12.2 Å². The van der Waals surface area contributed by atoms with Gasteiger partial charge in [-0.1, -0.05) is 0 Å². The van der Waals surface area contributed by atoms with Crippen molar-refractivity contribution < 1.29 is 14.3 Å². The number of aromatic nitrogens is 1. The Morgan fingerprint density at radius 2 is 2.05 bits per heavy atom. The second kappa shape index (κ2) is 3.68. The van der Waals surface area contributed by atoms with E-state index < -0.39 is 11.8 Å². The molecule has 3 fully saturated rings. The maximum Gasteiger partial charge on any atom is 0.338 e. The summed E-state index contributed by atoms with van der Waals surface area (Å²) in [6, 6.07) is 1.50. The number of pyridine rings is 1. The van der Waals surface area contributed by atoms with Crippen LogP contribution in [0.5, 0.6) is 0 Å². The van der Waals surface area contributed by atoms with Crippen LogP contribution in [0.4, 0.5) is 10.2 Å². The average molecular weight is 262 g/mol. The standard InChI is InChI=1S/C14H15FN2O2/c15-11-8(14(18)19)3-4-16-13(11)17-12-9-6-1-2-7(5-6)10(9)12/h3-4,6-7,9-10,12H,1-2,5H2,(H,16,17)(H,18,19). The van der Waals surface area contributed by atoms with Crippen LogP contribution < -0.4 is 5.32 Å². The monoisotopic (exact) mass is 262 g/mol. The van der Waals surface area contributed by atoms with Gasteiger partial charge in [0.2, 0.25) is 0 Å². The van der Waals surface area contributed by atoms with E-state index in [1.165, 1.54) is 31.5 Å². The second-order valence-electron chi connectivity index (χ2n) is 5.98. The molecule has 0 amide bonds. The Balaban J connectivity index is 1.56. The largest absolute Gasteiger partial charge is 0.478 e. The van der Waals surface area contributed by atoms with Crippen LogP contribution in [0.1, 0.15) is 29.6 Å². The topological polar surface area (TPSA) is 62.2 Å². The summed E-state index contributed by atoms with van der Waals surface area (Å²) < 4.78 is 14.0. The molecular weight excluding hydrogens is 247 g/mol. The molecule has 100 valence electrons. The number of rotatable bonds is 3. The molecule has 1 aromatic rings. The number of halogens is 1. The summed E-state index contributed by atoms with van der Waals surface area (Å²) in [5.41, 5.74) is -0.314. The van der Waals surface area contributed by atoms with Crippen molar-refractivity contribution >= 4 is 11.8 Å². The van der Waals surface area contributed by atoms with Crippen LogP contribution in [0.3, 0.4) is 0 Å². The molecule has 5 heteroatoms. The second-order valence-corrected chi connectivity index (χ2v) is 5.98. The van der Waals surface area contributed by atoms with Crippen molar-refractivity contribution in [1.29, 1.82) is 0 Å². The Morgan fingerprint density at radius 3 is 2.68 bits per heavy atom. The van der Waals surface area contributed by atoms with Crippen molar-refractivity contribution in [1.82, 2.24) is 4.98 Å². The summed E-state index contributed by atoms with van der Waals surface area (Å²) in [7, 11) is 0. The van der Waals surface area contributed by atoms with Crippen molar-refractivity contribution in [2.45, 2.75) is 25.3 Å². The predicted octanol–water partition coefficient (Wildman–Crippen LogP) is 2.38. The molecule has 19 heavy (non-hydrogen) atoms. The summed E-state index contributed by atoms with van der Waals surface area (Å²) >= 11 is 0. The number of aromatic carboxylic acids is 1. The first-order valence-electron chi connectivity index (χ1n) is 6.81. The summed E-state index contributed by atoms with van der Waals surface area (Å²) in [4.78, 5) is 14.8. The zero-order chi connectivity index (χ0) is 13.1. The fourth-order valence-electron chi connectivity index (χ4n) is 4.39. The molecule has 0 saturated heterocycles. The van der Waals surface area contributed by atoms with Gasteiger partial charge in [-0.3, -0.25) is 0 Å². The Hall–Kier alpha value is -1.65. The summed E-state index contributed by atoms with van der Waals surface area (Å²) in [5, 5.41) is 12.0. The quantitative estimate of drug-likeness (QED) is 0.878. The van der Waals surface area contributed by atoms with E-state index in [0.29, 0.717) is 17.9 Å². The number of hydrogen-bond acceptors (Lipinski definition) is 3. The number of carboxylic acids is 1. The van der Waals surface area contributed by atoms with E-state index >= 15 is 0 Å². The number of anilines is 1. The lowest BCUT2D eigenvalue weighted by molar-refractivity contribution is 0.0692. The fourth-order valence-corrected chi connectivity index (χ4v) is 4.39. The third-order valence-electron chi connectivity index (χ3n) is 5.16. The third-order valence-corrected chi connectivity index (χ3v) is 5.16. The normalized spacial score (nSPS) is 38.1. The molecule has 0 aromatic carbocycles. The summed E-state index contributed by atoms with van der Waals surface area (Å²) in [6.07, 6.45) is 5.28. The van der Waals surface area contributed by atoms with E-state index in [4.69, 9.17) is 5.11 Å². The highest BCUT2D eigenvalue weighted by atomic mass is 19.1. The highest BCUT2D eigenvalue weighted by Gasteiger charge is 2.65.